The summed E-state index contributed by atoms with van der Waals surface area (Å²) in [5, 5.41) is 0. The maximum absolute atomic E-state index is 13.0. The zero-order chi connectivity index (χ0) is 20.0. The molecule has 3 heterocycles. The summed E-state index contributed by atoms with van der Waals surface area (Å²) in [6.45, 7) is 5.33. The smallest absolute Gasteiger partial charge is 0.162 e. The van der Waals surface area contributed by atoms with Crippen LogP contribution in [0, 0.1) is 5.82 Å². The number of hydrogen-bond acceptors (Lipinski definition) is 4. The van der Waals surface area contributed by atoms with Crippen LogP contribution < -0.4 is 9.80 Å². The van der Waals surface area contributed by atoms with Crippen molar-refractivity contribution in [1.29, 1.82) is 0 Å². The number of para-hydroxylation sites is 1. The number of piperidine rings is 1. The number of fused-ring (bicyclic) bond motifs is 3. The molecule has 0 aromatic heterocycles. The van der Waals surface area contributed by atoms with Crippen molar-refractivity contribution in [2.24, 2.45) is 0 Å². The van der Waals surface area contributed by atoms with Gasteiger partial charge in [0.15, 0.2) is 5.78 Å². The minimum Gasteiger partial charge on any atom is -0.371 e. The number of Topliss-reactive ketones (excluding diaryl/α,β-unsaturated/α-hetero) is 1. The van der Waals surface area contributed by atoms with Crippen molar-refractivity contribution < 1.29 is 9.18 Å². The van der Waals surface area contributed by atoms with Gasteiger partial charge in [0, 0.05) is 57.2 Å². The summed E-state index contributed by atoms with van der Waals surface area (Å²) in [4.78, 5) is 19.9. The van der Waals surface area contributed by atoms with Crippen molar-refractivity contribution in [3.05, 3.63) is 59.4 Å². The van der Waals surface area contributed by atoms with Crippen LogP contribution >= 0.6 is 12.4 Å². The second-order valence-electron chi connectivity index (χ2n) is 8.63. The number of benzene rings is 2. The average molecular weight is 430 g/mol. The third-order valence-electron chi connectivity index (χ3n) is 6.93. The van der Waals surface area contributed by atoms with E-state index >= 15 is 0 Å². The molecule has 0 saturated carbocycles. The van der Waals surface area contributed by atoms with Crippen LogP contribution in [0.5, 0.6) is 0 Å². The first-order valence-electron chi connectivity index (χ1n) is 10.7. The zero-order valence-electron chi connectivity index (χ0n) is 17.4. The first-order chi connectivity index (χ1) is 14.1. The van der Waals surface area contributed by atoms with Gasteiger partial charge in [-0.2, -0.15) is 0 Å². The van der Waals surface area contributed by atoms with Crippen LogP contribution in [0.25, 0.3) is 0 Å². The molecular weight excluding hydrogens is 401 g/mol. The van der Waals surface area contributed by atoms with Crippen molar-refractivity contribution in [2.75, 3.05) is 49.6 Å². The fourth-order valence-electron chi connectivity index (χ4n) is 5.42. The zero-order valence-corrected chi connectivity index (χ0v) is 18.2. The molecule has 1 fully saturated rings. The lowest BCUT2D eigenvalue weighted by molar-refractivity contribution is 0.0971. The molecule has 0 amide bonds. The highest BCUT2D eigenvalue weighted by molar-refractivity contribution is 5.95. The predicted molar refractivity (Wildman–Crippen MR) is 122 cm³/mol. The van der Waals surface area contributed by atoms with Crippen LogP contribution in [-0.4, -0.2) is 56.5 Å². The number of carbonyl (C=O) groups is 1. The van der Waals surface area contributed by atoms with E-state index in [-0.39, 0.29) is 24.0 Å². The monoisotopic (exact) mass is 429 g/mol. The normalized spacial score (nSPS) is 22.3. The number of carbonyl (C=O) groups excluding carboxylic acids is 1. The van der Waals surface area contributed by atoms with E-state index in [1.807, 2.05) is 0 Å². The fourth-order valence-corrected chi connectivity index (χ4v) is 5.42. The van der Waals surface area contributed by atoms with Gasteiger partial charge in [-0.15, -0.1) is 12.4 Å². The lowest BCUT2D eigenvalue weighted by Gasteiger charge is -2.41. The molecule has 2 aromatic rings. The quantitative estimate of drug-likeness (QED) is 0.660. The van der Waals surface area contributed by atoms with Gasteiger partial charge < -0.3 is 14.7 Å². The van der Waals surface area contributed by atoms with E-state index in [0.717, 1.165) is 39.1 Å². The van der Waals surface area contributed by atoms with Crippen molar-refractivity contribution in [1.82, 2.24) is 4.90 Å². The summed E-state index contributed by atoms with van der Waals surface area (Å²) in [6, 6.07) is 13.3. The van der Waals surface area contributed by atoms with Crippen LogP contribution in [0.15, 0.2) is 42.5 Å². The molecule has 160 valence electrons. The van der Waals surface area contributed by atoms with E-state index in [2.05, 4.69) is 39.9 Å². The Morgan fingerprint density at radius 3 is 2.70 bits per heavy atom. The Hall–Kier alpha value is -2.11. The van der Waals surface area contributed by atoms with Crippen molar-refractivity contribution in [3.63, 3.8) is 0 Å². The number of ketones is 1. The highest BCUT2D eigenvalue weighted by atomic mass is 35.5. The molecular formula is C24H29ClFN3O. The molecule has 0 aliphatic carbocycles. The SMILES string of the molecule is CN1CCN2c3c(cccc31)[C@H]1CN(CCCC(=O)c3ccc(F)cc3)CC[C@H]12.Cl. The van der Waals surface area contributed by atoms with E-state index in [4.69, 9.17) is 0 Å². The Bertz CT molecular complexity index is 919. The summed E-state index contributed by atoms with van der Waals surface area (Å²) in [7, 11) is 2.19. The molecule has 0 N–H and O–H groups in total. The summed E-state index contributed by atoms with van der Waals surface area (Å²) in [6.07, 6.45) is 2.56. The van der Waals surface area contributed by atoms with Crippen LogP contribution in [0.3, 0.4) is 0 Å². The number of nitrogens with zero attached hydrogens (tertiary/aromatic N) is 3. The highest BCUT2D eigenvalue weighted by Crippen LogP contribution is 2.50. The van der Waals surface area contributed by atoms with Crippen LogP contribution in [0.1, 0.15) is 41.1 Å². The first kappa shape index (κ1) is 21.1. The lowest BCUT2D eigenvalue weighted by Crippen LogP contribution is -2.49. The second kappa shape index (κ2) is 8.56. The molecule has 0 spiro atoms. The van der Waals surface area contributed by atoms with Gasteiger partial charge in [-0.05, 0) is 55.3 Å². The van der Waals surface area contributed by atoms with Gasteiger partial charge in [-0.1, -0.05) is 12.1 Å². The van der Waals surface area contributed by atoms with Gasteiger partial charge in [0.2, 0.25) is 0 Å². The summed E-state index contributed by atoms with van der Waals surface area (Å²) >= 11 is 0. The van der Waals surface area contributed by atoms with E-state index < -0.39 is 0 Å². The number of anilines is 2. The number of halogens is 2. The van der Waals surface area contributed by atoms with Crippen LogP contribution in [0.4, 0.5) is 15.8 Å². The standard InChI is InChI=1S/C24H28FN3O.ClH/c1-26-14-15-28-21-11-13-27(16-20(21)19-4-2-5-22(26)24(19)28)12-3-6-23(29)17-7-9-18(25)10-8-17;/h2,4-5,7-10,20-21H,3,6,11-16H2,1H3;1H/t20-,21-;/m1./s1. The Kier molecular flexibility index (Phi) is 6.03. The highest BCUT2D eigenvalue weighted by Gasteiger charge is 2.44. The average Bonchev–Trinajstić information content (AvgIpc) is 3.06. The third kappa shape index (κ3) is 3.69. The van der Waals surface area contributed by atoms with Crippen molar-refractivity contribution in [2.45, 2.75) is 31.2 Å². The van der Waals surface area contributed by atoms with Gasteiger partial charge in [0.05, 0.1) is 11.4 Å². The predicted octanol–water partition coefficient (Wildman–Crippen LogP) is 4.34. The van der Waals surface area contributed by atoms with Gasteiger partial charge in [-0.3, -0.25) is 4.79 Å². The molecule has 2 atom stereocenters. The first-order valence-corrected chi connectivity index (χ1v) is 10.7. The molecule has 0 unspecified atom stereocenters. The van der Waals surface area contributed by atoms with Crippen molar-refractivity contribution >= 4 is 29.6 Å². The van der Waals surface area contributed by atoms with E-state index in [1.54, 1.807) is 12.1 Å². The molecule has 5 rings (SSSR count). The number of rotatable bonds is 5. The van der Waals surface area contributed by atoms with Crippen molar-refractivity contribution in [3.8, 4) is 0 Å². The topological polar surface area (TPSA) is 26.8 Å². The fraction of sp³-hybridized carbons (Fsp3) is 0.458. The Labute approximate surface area is 184 Å². The minimum atomic E-state index is -0.298. The second-order valence-corrected chi connectivity index (χ2v) is 8.63. The Morgan fingerprint density at radius 1 is 1.10 bits per heavy atom. The van der Waals surface area contributed by atoms with Crippen LogP contribution in [-0.2, 0) is 0 Å². The third-order valence-corrected chi connectivity index (χ3v) is 6.93. The molecule has 30 heavy (non-hydrogen) atoms. The Morgan fingerprint density at radius 2 is 1.90 bits per heavy atom. The molecule has 6 heteroatoms. The lowest BCUT2D eigenvalue weighted by atomic mass is 9.89. The van der Waals surface area contributed by atoms with E-state index in [0.29, 0.717) is 23.9 Å². The largest absolute Gasteiger partial charge is 0.371 e. The molecule has 2 aromatic carbocycles. The summed E-state index contributed by atoms with van der Waals surface area (Å²) < 4.78 is 13.0. The minimum absolute atomic E-state index is 0. The molecule has 1 saturated heterocycles. The summed E-state index contributed by atoms with van der Waals surface area (Å²) in [5.41, 5.74) is 4.95. The maximum Gasteiger partial charge on any atom is 0.162 e. The van der Waals surface area contributed by atoms with Gasteiger partial charge in [0.1, 0.15) is 5.82 Å². The number of hydrogen-bond donors (Lipinski definition) is 0. The molecule has 3 aliphatic rings. The molecule has 0 radical (unpaired) electrons. The summed E-state index contributed by atoms with van der Waals surface area (Å²) in [5.74, 6) is 0.377. The van der Waals surface area contributed by atoms with E-state index in [1.165, 1.54) is 35.5 Å². The van der Waals surface area contributed by atoms with Gasteiger partial charge >= 0.3 is 0 Å². The number of likely N-dealkylation sites (N-methyl/N-ethyl adjacent to an activating group) is 1. The van der Waals surface area contributed by atoms with Gasteiger partial charge in [0.25, 0.3) is 0 Å². The van der Waals surface area contributed by atoms with Gasteiger partial charge in [-0.25, -0.2) is 4.39 Å². The van der Waals surface area contributed by atoms with Crippen LogP contribution in [0.2, 0.25) is 0 Å². The number of likely N-dealkylation sites (tertiary alicyclic amines) is 1. The van der Waals surface area contributed by atoms with E-state index in [9.17, 15) is 9.18 Å². The molecule has 4 nitrogen and oxygen atoms in total. The Balaban J connectivity index is 0.00000218. The molecule has 3 aliphatic heterocycles. The maximum atomic E-state index is 13.0. The molecule has 0 bridgehead atoms.